The molecule has 1 rings (SSSR count). The Kier molecular flexibility index (Phi) is 3.03. The molecule has 0 aromatic heterocycles. The minimum absolute atomic E-state index is 0.0175. The van der Waals surface area contributed by atoms with Crippen LogP contribution in [-0.4, -0.2) is 24.5 Å². The average Bonchev–Trinajstić information content (AvgIpc) is 2.19. The molecule has 0 heterocycles. The number of aromatic hydroxyl groups is 1. The minimum atomic E-state index is -0.755. The number of hydrogen-bond donors (Lipinski definition) is 2. The number of benzene rings is 1. The maximum Gasteiger partial charge on any atom is 0.179 e. The number of phenols is 1. The normalized spacial score (nSPS) is 9.93. The quantitative estimate of drug-likeness (QED) is 0.702. The first-order valence-electron chi connectivity index (χ1n) is 3.90. The summed E-state index contributed by atoms with van der Waals surface area (Å²) in [6.07, 6.45) is 0. The van der Waals surface area contributed by atoms with E-state index in [4.69, 9.17) is 5.73 Å². The maximum absolute atomic E-state index is 13.2. The van der Waals surface area contributed by atoms with Crippen molar-refractivity contribution in [3.63, 3.8) is 0 Å². The molecule has 0 aliphatic carbocycles. The zero-order chi connectivity index (χ0) is 10.7. The lowest BCUT2D eigenvalue weighted by atomic mass is 10.1. The zero-order valence-corrected chi connectivity index (χ0v) is 7.58. The topological polar surface area (TPSA) is 72.5 Å². The molecule has 1 aromatic carbocycles. The average molecular weight is 199 g/mol. The van der Waals surface area contributed by atoms with E-state index in [1.54, 1.807) is 0 Å². The van der Waals surface area contributed by atoms with Crippen LogP contribution in [0.5, 0.6) is 11.5 Å². The summed E-state index contributed by atoms with van der Waals surface area (Å²) in [5.41, 5.74) is 4.83. The largest absolute Gasteiger partial charge is 0.504 e. The van der Waals surface area contributed by atoms with Gasteiger partial charge in [-0.3, -0.25) is 4.79 Å². The van der Waals surface area contributed by atoms with Gasteiger partial charge in [0.1, 0.15) is 5.82 Å². The Morgan fingerprint density at radius 3 is 2.79 bits per heavy atom. The molecular formula is C9H10FNO3. The molecular weight excluding hydrogens is 189 g/mol. The lowest BCUT2D eigenvalue weighted by molar-refractivity contribution is 0.0997. The number of phenolic OH excluding ortho intramolecular Hbond substituents is 1. The van der Waals surface area contributed by atoms with Crippen molar-refractivity contribution in [3.8, 4) is 11.5 Å². The van der Waals surface area contributed by atoms with E-state index in [1.807, 2.05) is 0 Å². The fourth-order valence-electron chi connectivity index (χ4n) is 1.03. The molecule has 0 saturated carbocycles. The number of Topliss-reactive ketones (excluding diaryl/α,β-unsaturated/α-hetero) is 1. The first-order valence-corrected chi connectivity index (χ1v) is 3.90. The van der Waals surface area contributed by atoms with Crippen LogP contribution in [0, 0.1) is 5.82 Å². The molecule has 0 fully saturated rings. The monoisotopic (exact) mass is 199 g/mol. The van der Waals surface area contributed by atoms with Gasteiger partial charge in [0, 0.05) is 6.07 Å². The van der Waals surface area contributed by atoms with E-state index < -0.39 is 11.6 Å². The predicted molar refractivity (Wildman–Crippen MR) is 48.0 cm³/mol. The van der Waals surface area contributed by atoms with Crippen LogP contribution in [-0.2, 0) is 0 Å². The number of halogens is 1. The fraction of sp³-hybridized carbons (Fsp3) is 0.222. The number of carbonyl (C=O) groups is 1. The summed E-state index contributed by atoms with van der Waals surface area (Å²) in [5.74, 6) is -1.63. The summed E-state index contributed by atoms with van der Waals surface area (Å²) in [6, 6.07) is 1.95. The summed E-state index contributed by atoms with van der Waals surface area (Å²) in [6.45, 7) is -0.303. The van der Waals surface area contributed by atoms with E-state index in [0.717, 1.165) is 12.1 Å². The van der Waals surface area contributed by atoms with Crippen LogP contribution >= 0.6 is 0 Å². The van der Waals surface area contributed by atoms with Gasteiger partial charge in [-0.05, 0) is 6.07 Å². The molecule has 76 valence electrons. The minimum Gasteiger partial charge on any atom is -0.504 e. The Labute approximate surface area is 80.1 Å². The van der Waals surface area contributed by atoms with E-state index in [2.05, 4.69) is 4.74 Å². The molecule has 1 aromatic rings. The summed E-state index contributed by atoms with van der Waals surface area (Å²) in [7, 11) is 1.29. The van der Waals surface area contributed by atoms with Gasteiger partial charge in [0.2, 0.25) is 0 Å². The van der Waals surface area contributed by atoms with Gasteiger partial charge in [-0.25, -0.2) is 4.39 Å². The first kappa shape index (κ1) is 10.5. The maximum atomic E-state index is 13.2. The van der Waals surface area contributed by atoms with Gasteiger partial charge in [-0.2, -0.15) is 0 Å². The molecule has 0 radical (unpaired) electrons. The third kappa shape index (κ3) is 1.82. The molecule has 14 heavy (non-hydrogen) atoms. The molecule has 5 heteroatoms. The van der Waals surface area contributed by atoms with Crippen molar-refractivity contribution in [3.05, 3.63) is 23.5 Å². The van der Waals surface area contributed by atoms with Gasteiger partial charge < -0.3 is 15.6 Å². The summed E-state index contributed by atoms with van der Waals surface area (Å²) in [4.78, 5) is 11.1. The van der Waals surface area contributed by atoms with Crippen LogP contribution in [0.3, 0.4) is 0 Å². The molecule has 3 N–H and O–H groups in total. The highest BCUT2D eigenvalue weighted by molar-refractivity contribution is 5.98. The van der Waals surface area contributed by atoms with Crippen molar-refractivity contribution < 1.29 is 19.0 Å². The molecule has 0 atom stereocenters. The van der Waals surface area contributed by atoms with Crippen molar-refractivity contribution in [1.29, 1.82) is 0 Å². The van der Waals surface area contributed by atoms with E-state index >= 15 is 0 Å². The van der Waals surface area contributed by atoms with Gasteiger partial charge >= 0.3 is 0 Å². The van der Waals surface area contributed by atoms with Gasteiger partial charge in [0.25, 0.3) is 0 Å². The Morgan fingerprint density at radius 1 is 1.64 bits per heavy atom. The SMILES string of the molecule is COc1cc(F)c(C(=O)CN)cc1O. The Hall–Kier alpha value is -1.62. The molecule has 4 nitrogen and oxygen atoms in total. The van der Waals surface area contributed by atoms with Crippen molar-refractivity contribution >= 4 is 5.78 Å². The zero-order valence-electron chi connectivity index (χ0n) is 7.58. The predicted octanol–water partition coefficient (Wildman–Crippen LogP) is 0.681. The van der Waals surface area contributed by atoms with E-state index in [1.165, 1.54) is 7.11 Å². The summed E-state index contributed by atoms with van der Waals surface area (Å²) >= 11 is 0. The second kappa shape index (κ2) is 4.06. The number of carbonyl (C=O) groups excluding carboxylic acids is 1. The molecule has 0 aliphatic rings. The van der Waals surface area contributed by atoms with Crippen LogP contribution in [0.25, 0.3) is 0 Å². The van der Waals surface area contributed by atoms with Crippen LogP contribution in [0.2, 0.25) is 0 Å². The van der Waals surface area contributed by atoms with Crippen LogP contribution in [0.4, 0.5) is 4.39 Å². The summed E-state index contributed by atoms with van der Waals surface area (Å²) < 4.78 is 17.8. The van der Waals surface area contributed by atoms with Gasteiger partial charge in [-0.1, -0.05) is 0 Å². The van der Waals surface area contributed by atoms with Crippen molar-refractivity contribution in [2.24, 2.45) is 5.73 Å². The number of methoxy groups -OCH3 is 1. The Balaban J connectivity index is 3.21. The number of ether oxygens (including phenoxy) is 1. The highest BCUT2D eigenvalue weighted by Gasteiger charge is 2.14. The highest BCUT2D eigenvalue weighted by atomic mass is 19.1. The third-order valence-electron chi connectivity index (χ3n) is 1.75. The van der Waals surface area contributed by atoms with E-state index in [-0.39, 0.29) is 23.6 Å². The lowest BCUT2D eigenvalue weighted by Crippen LogP contribution is -2.15. The first-order chi connectivity index (χ1) is 6.60. The highest BCUT2D eigenvalue weighted by Crippen LogP contribution is 2.28. The number of ketones is 1. The molecule has 0 amide bonds. The van der Waals surface area contributed by atoms with Gasteiger partial charge in [0.15, 0.2) is 17.3 Å². The molecule has 0 aliphatic heterocycles. The van der Waals surface area contributed by atoms with Crippen LogP contribution < -0.4 is 10.5 Å². The Morgan fingerprint density at radius 2 is 2.29 bits per heavy atom. The van der Waals surface area contributed by atoms with Gasteiger partial charge in [-0.15, -0.1) is 0 Å². The molecule has 0 saturated heterocycles. The number of hydrogen-bond acceptors (Lipinski definition) is 4. The third-order valence-corrected chi connectivity index (χ3v) is 1.75. The van der Waals surface area contributed by atoms with Crippen molar-refractivity contribution in [2.75, 3.05) is 13.7 Å². The fourth-order valence-corrected chi connectivity index (χ4v) is 1.03. The van der Waals surface area contributed by atoms with Crippen LogP contribution in [0.1, 0.15) is 10.4 Å². The Bertz CT molecular complexity index is 365. The van der Waals surface area contributed by atoms with Crippen molar-refractivity contribution in [2.45, 2.75) is 0 Å². The van der Waals surface area contributed by atoms with Gasteiger partial charge in [0.05, 0.1) is 19.2 Å². The molecule has 0 unspecified atom stereocenters. The molecule has 0 bridgehead atoms. The second-order valence-corrected chi connectivity index (χ2v) is 2.63. The number of nitrogens with two attached hydrogens (primary N) is 1. The van der Waals surface area contributed by atoms with Crippen molar-refractivity contribution in [1.82, 2.24) is 0 Å². The standard InChI is InChI=1S/C9H10FNO3/c1-14-9-3-6(10)5(2-7(9)12)8(13)4-11/h2-3,12H,4,11H2,1H3. The van der Waals surface area contributed by atoms with E-state index in [0.29, 0.717) is 0 Å². The summed E-state index contributed by atoms with van der Waals surface area (Å²) in [5, 5.41) is 9.28. The van der Waals surface area contributed by atoms with E-state index in [9.17, 15) is 14.3 Å². The smallest absolute Gasteiger partial charge is 0.179 e. The van der Waals surface area contributed by atoms with Crippen LogP contribution in [0.15, 0.2) is 12.1 Å². The number of rotatable bonds is 3. The molecule has 0 spiro atoms. The second-order valence-electron chi connectivity index (χ2n) is 2.63. The lowest BCUT2D eigenvalue weighted by Gasteiger charge is -2.06.